The van der Waals surface area contributed by atoms with E-state index in [-0.39, 0.29) is 17.8 Å². The van der Waals surface area contributed by atoms with E-state index in [4.69, 9.17) is 4.74 Å². The fraction of sp³-hybridized carbons (Fsp3) is 0.500. The first-order valence-corrected chi connectivity index (χ1v) is 7.96. The largest absolute Gasteiger partial charge is 0.464 e. The molecule has 1 amide bonds. The fourth-order valence-corrected chi connectivity index (χ4v) is 2.79. The van der Waals surface area contributed by atoms with Crippen molar-refractivity contribution >= 4 is 33.5 Å². The summed E-state index contributed by atoms with van der Waals surface area (Å²) in [5.74, 6) is -0.104. The molecule has 0 aliphatic carbocycles. The van der Waals surface area contributed by atoms with Crippen LogP contribution in [-0.4, -0.2) is 24.5 Å². The standard InChI is InChI=1S/C16H20BrNO3/c1-10(2)9-21-16(20)11(3)18-14-6-5-13(17)8-12(14)4-7-15(18)19/h5-6,8,10-11H,4,7,9H2,1-3H3. The first-order valence-electron chi connectivity index (χ1n) is 7.17. The van der Waals surface area contributed by atoms with Crippen molar-refractivity contribution in [1.29, 1.82) is 0 Å². The lowest BCUT2D eigenvalue weighted by Crippen LogP contribution is -2.46. The number of benzene rings is 1. The van der Waals surface area contributed by atoms with Gasteiger partial charge in [0.05, 0.1) is 6.61 Å². The molecule has 0 spiro atoms. The molecule has 1 aromatic carbocycles. The number of fused-ring (bicyclic) bond motifs is 1. The third-order valence-corrected chi connectivity index (χ3v) is 3.96. The Morgan fingerprint density at radius 2 is 2.05 bits per heavy atom. The Morgan fingerprint density at radius 3 is 2.71 bits per heavy atom. The van der Waals surface area contributed by atoms with Gasteiger partial charge in [0.25, 0.3) is 0 Å². The van der Waals surface area contributed by atoms with Crippen molar-refractivity contribution in [3.8, 4) is 0 Å². The maximum atomic E-state index is 12.2. The van der Waals surface area contributed by atoms with Gasteiger partial charge in [0.2, 0.25) is 5.91 Å². The second kappa shape index (κ2) is 6.60. The van der Waals surface area contributed by atoms with Gasteiger partial charge < -0.3 is 4.74 Å². The lowest BCUT2D eigenvalue weighted by Gasteiger charge is -2.33. The lowest BCUT2D eigenvalue weighted by atomic mass is 9.99. The van der Waals surface area contributed by atoms with E-state index < -0.39 is 6.04 Å². The zero-order valence-electron chi connectivity index (χ0n) is 12.6. The van der Waals surface area contributed by atoms with Crippen LogP contribution in [0.2, 0.25) is 0 Å². The van der Waals surface area contributed by atoms with Crippen LogP contribution in [0.15, 0.2) is 22.7 Å². The smallest absolute Gasteiger partial charge is 0.328 e. The number of amides is 1. The molecular formula is C16H20BrNO3. The zero-order chi connectivity index (χ0) is 15.6. The van der Waals surface area contributed by atoms with Crippen molar-refractivity contribution in [2.45, 2.75) is 39.7 Å². The van der Waals surface area contributed by atoms with Crippen LogP contribution in [0.1, 0.15) is 32.8 Å². The molecule has 21 heavy (non-hydrogen) atoms. The third kappa shape index (κ3) is 3.64. The van der Waals surface area contributed by atoms with Gasteiger partial charge in [-0.05, 0) is 43.0 Å². The molecule has 4 nitrogen and oxygen atoms in total. The molecule has 1 atom stereocenters. The minimum absolute atomic E-state index is 0.0289. The Balaban J connectivity index is 2.22. The van der Waals surface area contributed by atoms with Gasteiger partial charge >= 0.3 is 5.97 Å². The van der Waals surface area contributed by atoms with Crippen LogP contribution < -0.4 is 4.90 Å². The number of halogens is 1. The first-order chi connectivity index (χ1) is 9.90. The predicted molar refractivity (Wildman–Crippen MR) is 85.2 cm³/mol. The fourth-order valence-electron chi connectivity index (χ4n) is 2.39. The molecule has 0 radical (unpaired) electrons. The van der Waals surface area contributed by atoms with Crippen LogP contribution in [0.5, 0.6) is 0 Å². The summed E-state index contributed by atoms with van der Waals surface area (Å²) in [5, 5.41) is 0. The summed E-state index contributed by atoms with van der Waals surface area (Å²) < 4.78 is 6.24. The van der Waals surface area contributed by atoms with Crippen LogP contribution in [0, 0.1) is 5.92 Å². The Kier molecular flexibility index (Phi) is 5.04. The number of carbonyl (C=O) groups is 2. The van der Waals surface area contributed by atoms with E-state index >= 15 is 0 Å². The Hall–Kier alpha value is -1.36. The number of hydrogen-bond donors (Lipinski definition) is 0. The van der Waals surface area contributed by atoms with E-state index in [1.165, 1.54) is 0 Å². The van der Waals surface area contributed by atoms with Gasteiger partial charge in [0, 0.05) is 16.6 Å². The van der Waals surface area contributed by atoms with E-state index in [9.17, 15) is 9.59 Å². The van der Waals surface area contributed by atoms with Gasteiger partial charge in [-0.2, -0.15) is 0 Å². The molecule has 1 aliphatic rings. The second-order valence-corrected chi connectivity index (χ2v) is 6.65. The van der Waals surface area contributed by atoms with Gasteiger partial charge in [-0.25, -0.2) is 4.79 Å². The number of anilines is 1. The van der Waals surface area contributed by atoms with Crippen LogP contribution in [0.4, 0.5) is 5.69 Å². The molecule has 0 bridgehead atoms. The highest BCUT2D eigenvalue weighted by atomic mass is 79.9. The molecule has 0 saturated heterocycles. The molecule has 0 aromatic heterocycles. The zero-order valence-corrected chi connectivity index (χ0v) is 14.1. The van der Waals surface area contributed by atoms with Gasteiger partial charge in [-0.3, -0.25) is 9.69 Å². The number of hydrogen-bond acceptors (Lipinski definition) is 3. The van der Waals surface area contributed by atoms with Crippen molar-refractivity contribution in [2.75, 3.05) is 11.5 Å². The highest BCUT2D eigenvalue weighted by molar-refractivity contribution is 9.10. The summed E-state index contributed by atoms with van der Waals surface area (Å²) in [5.41, 5.74) is 1.89. The molecule has 1 heterocycles. The molecule has 5 heteroatoms. The molecule has 2 rings (SSSR count). The van der Waals surface area contributed by atoms with Crippen LogP contribution in [0.3, 0.4) is 0 Å². The van der Waals surface area contributed by atoms with E-state index in [0.29, 0.717) is 19.4 Å². The molecule has 1 unspecified atom stereocenters. The van der Waals surface area contributed by atoms with Gasteiger partial charge in [0.15, 0.2) is 0 Å². The van der Waals surface area contributed by atoms with Crippen LogP contribution >= 0.6 is 15.9 Å². The van der Waals surface area contributed by atoms with E-state index in [2.05, 4.69) is 15.9 Å². The number of ether oxygens (including phenoxy) is 1. The molecule has 114 valence electrons. The van der Waals surface area contributed by atoms with E-state index in [1.54, 1.807) is 11.8 Å². The Bertz CT molecular complexity index is 556. The van der Waals surface area contributed by atoms with Crippen LogP contribution in [0.25, 0.3) is 0 Å². The number of nitrogens with zero attached hydrogens (tertiary/aromatic N) is 1. The van der Waals surface area contributed by atoms with Gasteiger partial charge in [0.1, 0.15) is 6.04 Å². The summed E-state index contributed by atoms with van der Waals surface area (Å²) in [7, 11) is 0. The molecule has 0 N–H and O–H groups in total. The van der Waals surface area contributed by atoms with Gasteiger partial charge in [-0.15, -0.1) is 0 Å². The maximum absolute atomic E-state index is 12.2. The summed E-state index contributed by atoms with van der Waals surface area (Å²) in [6.45, 7) is 6.06. The van der Waals surface area contributed by atoms with Crippen molar-refractivity contribution in [3.05, 3.63) is 28.2 Å². The normalized spacial score (nSPS) is 15.9. The van der Waals surface area contributed by atoms with Crippen molar-refractivity contribution in [1.82, 2.24) is 0 Å². The minimum Gasteiger partial charge on any atom is -0.464 e. The summed E-state index contributed by atoms with van der Waals surface area (Å²) in [6, 6.07) is 5.16. The predicted octanol–water partition coefficient (Wildman–Crippen LogP) is 3.32. The van der Waals surface area contributed by atoms with Gasteiger partial charge in [-0.1, -0.05) is 29.8 Å². The average Bonchev–Trinajstić information content (AvgIpc) is 2.44. The molecule has 1 aliphatic heterocycles. The summed E-state index contributed by atoms with van der Waals surface area (Å²) in [4.78, 5) is 25.9. The van der Waals surface area contributed by atoms with Crippen molar-refractivity contribution < 1.29 is 14.3 Å². The number of esters is 1. The maximum Gasteiger partial charge on any atom is 0.328 e. The first kappa shape index (κ1) is 16.0. The summed E-state index contributed by atoms with van der Waals surface area (Å²) >= 11 is 3.44. The minimum atomic E-state index is -0.600. The van der Waals surface area contributed by atoms with Crippen molar-refractivity contribution in [2.24, 2.45) is 5.92 Å². The summed E-state index contributed by atoms with van der Waals surface area (Å²) in [6.07, 6.45) is 1.13. The third-order valence-electron chi connectivity index (χ3n) is 3.47. The topological polar surface area (TPSA) is 46.6 Å². The highest BCUT2D eigenvalue weighted by Gasteiger charge is 2.32. The second-order valence-electron chi connectivity index (χ2n) is 5.74. The van der Waals surface area contributed by atoms with Crippen molar-refractivity contribution in [3.63, 3.8) is 0 Å². The molecule has 1 aromatic rings. The monoisotopic (exact) mass is 353 g/mol. The molecular weight excluding hydrogens is 334 g/mol. The number of rotatable bonds is 4. The molecule has 0 saturated carbocycles. The van der Waals surface area contributed by atoms with Crippen LogP contribution in [-0.2, 0) is 20.7 Å². The lowest BCUT2D eigenvalue weighted by molar-refractivity contribution is -0.147. The Labute approximate surface area is 133 Å². The highest BCUT2D eigenvalue weighted by Crippen LogP contribution is 2.32. The SMILES string of the molecule is CC(C)COC(=O)C(C)N1C(=O)CCc2cc(Br)ccc21. The average molecular weight is 354 g/mol. The van der Waals surface area contributed by atoms with E-state index in [0.717, 1.165) is 15.7 Å². The Morgan fingerprint density at radius 1 is 1.33 bits per heavy atom. The number of carbonyl (C=O) groups excluding carboxylic acids is 2. The quantitative estimate of drug-likeness (QED) is 0.780. The number of aryl methyl sites for hydroxylation is 1. The van der Waals surface area contributed by atoms with E-state index in [1.807, 2.05) is 32.0 Å². The molecule has 0 fully saturated rings.